The van der Waals surface area contributed by atoms with E-state index in [9.17, 15) is 40.5 Å². The molecule has 2 aromatic heterocycles. The van der Waals surface area contributed by atoms with Crippen molar-refractivity contribution in [3.63, 3.8) is 0 Å². The molecule has 0 aliphatic rings. The molecule has 0 aliphatic heterocycles. The predicted molar refractivity (Wildman–Crippen MR) is 260 cm³/mol. The van der Waals surface area contributed by atoms with Crippen LogP contribution in [0.4, 0.5) is 0 Å². The zero-order valence-corrected chi connectivity index (χ0v) is 40.5. The highest BCUT2D eigenvalue weighted by molar-refractivity contribution is 6.37. The molecule has 0 fully saturated rings. The van der Waals surface area contributed by atoms with E-state index in [1.54, 1.807) is 85.2 Å². The third kappa shape index (κ3) is 12.9. The highest BCUT2D eigenvalue weighted by Crippen LogP contribution is 2.40. The number of benzene rings is 4. The van der Waals surface area contributed by atoms with Gasteiger partial charge in [-0.3, -0.25) is 30.2 Å². The summed E-state index contributed by atoms with van der Waals surface area (Å²) in [6, 6.07) is 24.3. The molecule has 0 saturated carbocycles. The largest absolute Gasteiger partial charge is 0.488 e. The minimum absolute atomic E-state index is 0.00162. The smallest absolute Gasteiger partial charge is 0.326 e. The lowest BCUT2D eigenvalue weighted by Gasteiger charge is -2.25. The number of aromatic nitrogens is 2. The van der Waals surface area contributed by atoms with E-state index in [0.29, 0.717) is 65.7 Å². The zero-order valence-electron chi connectivity index (χ0n) is 37.4. The van der Waals surface area contributed by atoms with Crippen LogP contribution in [0.5, 0.6) is 23.0 Å². The normalized spacial score (nSPS) is 12.7. The van der Waals surface area contributed by atoms with E-state index in [2.05, 4.69) is 20.6 Å². The number of ether oxygens (including phenoxy) is 4. The van der Waals surface area contributed by atoms with E-state index in [4.69, 9.17) is 65.4 Å². The van der Waals surface area contributed by atoms with Crippen LogP contribution in [0.1, 0.15) is 58.4 Å². The van der Waals surface area contributed by atoms with Gasteiger partial charge in [-0.15, -0.1) is 0 Å². The van der Waals surface area contributed by atoms with Crippen LogP contribution >= 0.6 is 46.4 Å². The van der Waals surface area contributed by atoms with Crippen molar-refractivity contribution in [2.75, 3.05) is 13.2 Å². The molecule has 0 bridgehead atoms. The third-order valence-electron chi connectivity index (χ3n) is 11.0. The summed E-state index contributed by atoms with van der Waals surface area (Å²) < 4.78 is 24.7. The van der Waals surface area contributed by atoms with Crippen LogP contribution < -0.4 is 29.6 Å². The highest BCUT2D eigenvalue weighted by atomic mass is 35.5. The van der Waals surface area contributed by atoms with Crippen LogP contribution in [-0.2, 0) is 49.1 Å². The molecular weight excluding hydrogens is 986 g/mol. The maximum Gasteiger partial charge on any atom is 0.326 e. The van der Waals surface area contributed by atoms with Gasteiger partial charge in [-0.25, -0.2) is 0 Å². The molecule has 4 aromatic carbocycles. The number of hydrogen-bond acceptors (Lipinski definition) is 14. The molecule has 0 aliphatic carbocycles. The summed E-state index contributed by atoms with van der Waals surface area (Å²) in [5.41, 5.74) is 1.80. The van der Waals surface area contributed by atoms with E-state index in [1.807, 2.05) is 12.1 Å². The molecule has 0 unspecified atom stereocenters. The topological polar surface area (TPSA) is 249 Å². The van der Waals surface area contributed by atoms with Crippen molar-refractivity contribution in [2.24, 2.45) is 0 Å². The summed E-state index contributed by atoms with van der Waals surface area (Å²) in [5.74, 6) is -1.51. The maximum absolute atomic E-state index is 11.9. The second-order valence-electron chi connectivity index (χ2n) is 16.2. The number of aliphatic hydroxyl groups is 2. The van der Waals surface area contributed by atoms with Crippen molar-refractivity contribution in [1.29, 1.82) is 10.5 Å². The van der Waals surface area contributed by atoms with Crippen molar-refractivity contribution in [1.82, 2.24) is 20.6 Å². The number of nitriles is 2. The highest BCUT2D eigenvalue weighted by Gasteiger charge is 2.33. The number of carboxylic acid groups (broad SMARTS) is 2. The van der Waals surface area contributed by atoms with Crippen molar-refractivity contribution in [3.05, 3.63) is 162 Å². The standard InChI is InChI=1S/C50H44Cl4N6O10/c1-49(27-61,47(63)64)59-21-35-11-39(51)43(13-41(35)67-23-31-9-29(15-55)17-57-19-31)69-25-33-5-3-7-37(45(33)53)38-8-4-6-34(46(38)54)26-70-44-14-42(68-24-32-10-30(16-56)18-58-20-32)36(12-40(44)52)22-60-50(2,28-62)48(65)66/h3-14,17-20,59-62H,21-28H2,1-2H3,(H,63,64)(H,65,66)/t49-,50-/m1/s1. The predicted octanol–water partition coefficient (Wildman–Crippen LogP) is 8.67. The van der Waals surface area contributed by atoms with E-state index in [1.165, 1.54) is 26.2 Å². The van der Waals surface area contributed by atoms with Gasteiger partial charge >= 0.3 is 11.9 Å². The SMILES string of the molecule is C[C@](CO)(NCc1cc(Cl)c(OCc2cccc(-c3cccc(COc4cc(OCc5cncc(C#N)c5)c(CN[C@](C)(CO)C(=O)O)cc4Cl)c3Cl)c2Cl)cc1OCc1cncc(C#N)c1)C(=O)O. The Kier molecular flexibility index (Phi) is 17.9. The molecule has 20 heteroatoms. The van der Waals surface area contributed by atoms with Crippen LogP contribution in [0.3, 0.4) is 0 Å². The van der Waals surface area contributed by atoms with Gasteiger partial charge in [0, 0.05) is 94.5 Å². The molecule has 70 heavy (non-hydrogen) atoms. The number of aliphatic carboxylic acids is 2. The molecule has 6 aromatic rings. The number of nitrogens with one attached hydrogen (secondary N) is 2. The maximum atomic E-state index is 11.9. The van der Waals surface area contributed by atoms with E-state index in [-0.39, 0.29) is 72.6 Å². The minimum Gasteiger partial charge on any atom is -0.488 e. The van der Waals surface area contributed by atoms with Gasteiger partial charge < -0.3 is 39.4 Å². The zero-order chi connectivity index (χ0) is 50.6. The van der Waals surface area contributed by atoms with Gasteiger partial charge in [0.05, 0.1) is 44.4 Å². The summed E-state index contributed by atoms with van der Waals surface area (Å²) in [6.45, 7) is 1.10. The number of halogens is 4. The summed E-state index contributed by atoms with van der Waals surface area (Å²) in [5, 5.41) is 64.4. The van der Waals surface area contributed by atoms with Crippen LogP contribution in [0.25, 0.3) is 11.1 Å². The Morgan fingerprint density at radius 3 is 1.31 bits per heavy atom. The first-order chi connectivity index (χ1) is 33.5. The lowest BCUT2D eigenvalue weighted by Crippen LogP contribution is -2.52. The fourth-order valence-electron chi connectivity index (χ4n) is 6.58. The number of aliphatic hydroxyl groups excluding tert-OH is 2. The minimum atomic E-state index is -1.66. The van der Waals surface area contributed by atoms with Gasteiger partial charge in [0.25, 0.3) is 0 Å². The van der Waals surface area contributed by atoms with E-state index in [0.717, 1.165) is 0 Å². The summed E-state index contributed by atoms with van der Waals surface area (Å²) in [4.78, 5) is 32.0. The van der Waals surface area contributed by atoms with E-state index >= 15 is 0 Å². The lowest BCUT2D eigenvalue weighted by molar-refractivity contribution is -0.146. The molecule has 0 spiro atoms. The van der Waals surface area contributed by atoms with E-state index < -0.39 is 36.2 Å². The number of pyridine rings is 2. The first-order valence-corrected chi connectivity index (χ1v) is 22.6. The molecule has 2 atom stereocenters. The number of nitrogens with zero attached hydrogens (tertiary/aromatic N) is 4. The molecule has 16 nitrogen and oxygen atoms in total. The second kappa shape index (κ2) is 23.7. The fraction of sp³-hybridized carbons (Fsp3) is 0.240. The van der Waals surface area contributed by atoms with Gasteiger partial charge in [0.1, 0.15) is 72.6 Å². The Hall–Kier alpha value is -6.70. The fourth-order valence-corrected chi connectivity index (χ4v) is 7.63. The molecule has 362 valence electrons. The monoisotopic (exact) mass is 1030 g/mol. The van der Waals surface area contributed by atoms with Crippen LogP contribution in [0.15, 0.2) is 97.6 Å². The summed E-state index contributed by atoms with van der Waals surface area (Å²) in [7, 11) is 0. The Bertz CT molecular complexity index is 2790. The summed E-state index contributed by atoms with van der Waals surface area (Å²) >= 11 is 27.6. The number of rotatable bonds is 23. The number of hydrogen-bond donors (Lipinski definition) is 6. The second-order valence-corrected chi connectivity index (χ2v) is 17.7. The van der Waals surface area contributed by atoms with Gasteiger partial charge in [0.2, 0.25) is 0 Å². The van der Waals surface area contributed by atoms with Crippen molar-refractivity contribution in [2.45, 2.75) is 64.4 Å². The van der Waals surface area contributed by atoms with Crippen LogP contribution in [0.2, 0.25) is 20.1 Å². The molecule has 0 saturated heterocycles. The first kappa shape index (κ1) is 52.7. The molecule has 0 radical (unpaired) electrons. The lowest BCUT2D eigenvalue weighted by atomic mass is 10.0. The average molecular weight is 1030 g/mol. The molecule has 0 amide bonds. The van der Waals surface area contributed by atoms with Crippen molar-refractivity contribution in [3.8, 4) is 46.3 Å². The van der Waals surface area contributed by atoms with Gasteiger partial charge in [-0.05, 0) is 38.1 Å². The Morgan fingerprint density at radius 2 is 0.957 bits per heavy atom. The van der Waals surface area contributed by atoms with Gasteiger partial charge in [0.15, 0.2) is 0 Å². The quantitative estimate of drug-likeness (QED) is 0.0351. The summed E-state index contributed by atoms with van der Waals surface area (Å²) in [6.07, 6.45) is 5.94. The Labute approximate surface area is 422 Å². The number of carboxylic acids is 2. The van der Waals surface area contributed by atoms with Crippen LogP contribution in [-0.4, -0.2) is 66.6 Å². The molecular formula is C50H44Cl4N6O10. The third-order valence-corrected chi connectivity index (χ3v) is 12.5. The Morgan fingerprint density at radius 1 is 0.571 bits per heavy atom. The van der Waals surface area contributed by atoms with Gasteiger partial charge in [-0.1, -0.05) is 82.8 Å². The first-order valence-electron chi connectivity index (χ1n) is 21.1. The number of carbonyl (C=O) groups is 2. The van der Waals surface area contributed by atoms with Crippen molar-refractivity contribution < 1.29 is 49.0 Å². The van der Waals surface area contributed by atoms with Gasteiger partial charge in [-0.2, -0.15) is 10.5 Å². The average Bonchev–Trinajstić information content (AvgIpc) is 3.36. The van der Waals surface area contributed by atoms with Crippen molar-refractivity contribution >= 4 is 58.3 Å². The molecule has 2 heterocycles. The molecule has 6 rings (SSSR count). The Balaban J connectivity index is 1.22. The van der Waals surface area contributed by atoms with Crippen LogP contribution in [0, 0.1) is 22.7 Å². The molecule has 6 N–H and O–H groups in total.